The lowest BCUT2D eigenvalue weighted by atomic mass is 10.1. The van der Waals surface area contributed by atoms with Gasteiger partial charge in [0.25, 0.3) is 0 Å². The molecular formula is C23H19N5O. The molecule has 5 rings (SSSR count). The number of hydrogen-bond donors (Lipinski definition) is 5. The number of nitrogen functional groups attached to an aromatic ring is 2. The Kier molecular flexibility index (Phi) is 3.77. The molecule has 2 heterocycles. The fourth-order valence-corrected chi connectivity index (χ4v) is 3.58. The maximum absolute atomic E-state index is 10.6. The van der Waals surface area contributed by atoms with Crippen LogP contribution in [0.4, 0.5) is 22.7 Å². The highest BCUT2D eigenvalue weighted by Crippen LogP contribution is 2.39. The van der Waals surface area contributed by atoms with Crippen LogP contribution in [0.15, 0.2) is 72.8 Å². The minimum Gasteiger partial charge on any atom is -0.494 e. The zero-order valence-electron chi connectivity index (χ0n) is 15.5. The van der Waals surface area contributed by atoms with Crippen LogP contribution >= 0.6 is 0 Å². The summed E-state index contributed by atoms with van der Waals surface area (Å²) in [5, 5.41) is 15.8. The molecule has 29 heavy (non-hydrogen) atoms. The maximum atomic E-state index is 10.6. The molecule has 0 atom stereocenters. The fraction of sp³-hybridized carbons (Fsp3) is 0. The first-order valence-corrected chi connectivity index (χ1v) is 9.21. The van der Waals surface area contributed by atoms with Crippen LogP contribution in [0.2, 0.25) is 0 Å². The number of fused-ring (bicyclic) bond motifs is 2. The zero-order chi connectivity index (χ0) is 20.0. The summed E-state index contributed by atoms with van der Waals surface area (Å²) >= 11 is 0. The molecule has 0 amide bonds. The summed E-state index contributed by atoms with van der Waals surface area (Å²) in [6.45, 7) is 0. The number of anilines is 4. The Morgan fingerprint density at radius 1 is 0.828 bits per heavy atom. The number of rotatable bonds is 3. The number of nitrogens with zero attached hydrogens (tertiary/aromatic N) is 1. The van der Waals surface area contributed by atoms with Crippen LogP contribution in [0.1, 0.15) is 0 Å². The molecule has 3 aromatic carbocycles. The number of pyridine rings is 1. The largest absolute Gasteiger partial charge is 0.494 e. The predicted molar refractivity (Wildman–Crippen MR) is 119 cm³/mol. The highest BCUT2D eigenvalue weighted by Gasteiger charge is 2.17. The van der Waals surface area contributed by atoms with Crippen LogP contribution in [0.25, 0.3) is 33.1 Å². The van der Waals surface area contributed by atoms with Crippen molar-refractivity contribution >= 4 is 44.6 Å². The lowest BCUT2D eigenvalue weighted by molar-refractivity contribution is 0.460. The number of hydrogen-bond acceptors (Lipinski definition) is 5. The van der Waals surface area contributed by atoms with Gasteiger partial charge < -0.3 is 26.9 Å². The molecule has 0 fully saturated rings. The van der Waals surface area contributed by atoms with Crippen molar-refractivity contribution in [1.82, 2.24) is 9.97 Å². The second kappa shape index (κ2) is 6.45. The summed E-state index contributed by atoms with van der Waals surface area (Å²) in [5.41, 5.74) is 17.8. The highest BCUT2D eigenvalue weighted by atomic mass is 16.3. The monoisotopic (exact) mass is 381 g/mol. The topological polar surface area (TPSA) is 113 Å². The van der Waals surface area contributed by atoms with E-state index in [0.717, 1.165) is 33.2 Å². The zero-order valence-corrected chi connectivity index (χ0v) is 15.5. The molecule has 6 nitrogen and oxygen atoms in total. The molecule has 0 radical (unpaired) electrons. The van der Waals surface area contributed by atoms with E-state index in [1.165, 1.54) is 0 Å². The average Bonchev–Trinajstić information content (AvgIpc) is 3.04. The summed E-state index contributed by atoms with van der Waals surface area (Å²) in [4.78, 5) is 7.80. The standard InChI is InChI=1S/C23H19N5O/c24-13-5-8-15(9-6-13)26-20-12-21(27-18-4-2-1-3-16(18)20)22-17-11-14(25)7-10-19(17)28-23(22)29/h1-12,28-29H,24-25H2,(H,26,27). The molecule has 7 N–H and O–H groups in total. The quantitative estimate of drug-likeness (QED) is 0.282. The molecule has 2 aromatic heterocycles. The Morgan fingerprint density at radius 2 is 1.59 bits per heavy atom. The Balaban J connectivity index is 1.73. The number of nitrogens with one attached hydrogen (secondary N) is 2. The van der Waals surface area contributed by atoms with Gasteiger partial charge in [0.1, 0.15) is 0 Å². The highest BCUT2D eigenvalue weighted by molar-refractivity contribution is 6.03. The van der Waals surface area contributed by atoms with Gasteiger partial charge in [0.05, 0.1) is 22.5 Å². The van der Waals surface area contributed by atoms with Gasteiger partial charge in [0.15, 0.2) is 5.88 Å². The SMILES string of the molecule is Nc1ccc(Nc2cc(-c3c(O)[nH]c4ccc(N)cc34)nc3ccccc23)cc1. The Labute approximate surface area is 166 Å². The van der Waals surface area contributed by atoms with Gasteiger partial charge in [-0.15, -0.1) is 0 Å². The summed E-state index contributed by atoms with van der Waals surface area (Å²) in [6.07, 6.45) is 0. The van der Waals surface area contributed by atoms with Crippen LogP contribution in [0.5, 0.6) is 5.88 Å². The van der Waals surface area contributed by atoms with Gasteiger partial charge in [0, 0.05) is 33.4 Å². The third kappa shape index (κ3) is 2.96. The molecule has 0 aliphatic carbocycles. The van der Waals surface area contributed by atoms with Gasteiger partial charge in [-0.05, 0) is 54.6 Å². The van der Waals surface area contributed by atoms with Gasteiger partial charge >= 0.3 is 0 Å². The Bertz CT molecular complexity index is 1360. The average molecular weight is 381 g/mol. The number of H-pyrrole nitrogens is 1. The van der Waals surface area contributed by atoms with Crippen molar-refractivity contribution in [2.24, 2.45) is 0 Å². The minimum absolute atomic E-state index is 0.0619. The van der Waals surface area contributed by atoms with E-state index in [9.17, 15) is 5.11 Å². The molecule has 0 bridgehead atoms. The van der Waals surface area contributed by atoms with Gasteiger partial charge in [-0.25, -0.2) is 4.98 Å². The summed E-state index contributed by atoms with van der Waals surface area (Å²) in [6, 6.07) is 22.8. The number of benzene rings is 3. The van der Waals surface area contributed by atoms with Crippen LogP contribution in [0, 0.1) is 0 Å². The predicted octanol–water partition coefficient (Wildman–Crippen LogP) is 5.00. The first kappa shape index (κ1) is 16.9. The smallest absolute Gasteiger partial charge is 0.199 e. The van der Waals surface area contributed by atoms with E-state index < -0.39 is 0 Å². The molecule has 0 spiro atoms. The summed E-state index contributed by atoms with van der Waals surface area (Å²) < 4.78 is 0. The number of aromatic amines is 1. The van der Waals surface area contributed by atoms with Crippen molar-refractivity contribution in [3.8, 4) is 17.1 Å². The van der Waals surface area contributed by atoms with E-state index >= 15 is 0 Å². The second-order valence-corrected chi connectivity index (χ2v) is 6.97. The summed E-state index contributed by atoms with van der Waals surface area (Å²) in [5.74, 6) is 0.0619. The normalized spacial score (nSPS) is 11.2. The number of para-hydroxylation sites is 1. The Morgan fingerprint density at radius 3 is 2.41 bits per heavy atom. The Hall–Kier alpha value is -4.19. The van der Waals surface area contributed by atoms with Gasteiger partial charge in [-0.1, -0.05) is 18.2 Å². The number of nitrogens with two attached hydrogens (primary N) is 2. The van der Waals surface area contributed by atoms with E-state index in [4.69, 9.17) is 16.5 Å². The van der Waals surface area contributed by atoms with Crippen molar-refractivity contribution in [2.75, 3.05) is 16.8 Å². The van der Waals surface area contributed by atoms with Crippen LogP contribution in [-0.2, 0) is 0 Å². The fourth-order valence-electron chi connectivity index (χ4n) is 3.58. The van der Waals surface area contributed by atoms with Gasteiger partial charge in [0.2, 0.25) is 0 Å². The minimum atomic E-state index is 0.0619. The van der Waals surface area contributed by atoms with E-state index in [-0.39, 0.29) is 5.88 Å². The van der Waals surface area contributed by atoms with E-state index in [1.54, 1.807) is 6.07 Å². The van der Waals surface area contributed by atoms with E-state index in [0.29, 0.717) is 22.6 Å². The molecule has 0 unspecified atom stereocenters. The van der Waals surface area contributed by atoms with Crippen LogP contribution in [-0.4, -0.2) is 15.1 Å². The third-order valence-electron chi connectivity index (χ3n) is 4.96. The second-order valence-electron chi connectivity index (χ2n) is 6.97. The number of aromatic nitrogens is 2. The van der Waals surface area contributed by atoms with Crippen molar-refractivity contribution < 1.29 is 5.11 Å². The molecule has 0 aliphatic heterocycles. The van der Waals surface area contributed by atoms with Gasteiger partial charge in [-0.3, -0.25) is 0 Å². The summed E-state index contributed by atoms with van der Waals surface area (Å²) in [7, 11) is 0. The maximum Gasteiger partial charge on any atom is 0.199 e. The van der Waals surface area contributed by atoms with E-state index in [2.05, 4.69) is 10.3 Å². The third-order valence-corrected chi connectivity index (χ3v) is 4.96. The van der Waals surface area contributed by atoms with Crippen molar-refractivity contribution in [2.45, 2.75) is 0 Å². The van der Waals surface area contributed by atoms with Crippen LogP contribution < -0.4 is 16.8 Å². The molecular weight excluding hydrogens is 362 g/mol. The molecule has 0 saturated carbocycles. The molecule has 5 aromatic rings. The van der Waals surface area contributed by atoms with E-state index in [1.807, 2.05) is 66.7 Å². The first-order valence-electron chi connectivity index (χ1n) is 9.21. The van der Waals surface area contributed by atoms with Crippen molar-refractivity contribution in [3.63, 3.8) is 0 Å². The molecule has 0 saturated heterocycles. The van der Waals surface area contributed by atoms with Gasteiger partial charge in [-0.2, -0.15) is 0 Å². The lowest BCUT2D eigenvalue weighted by Gasteiger charge is -2.12. The molecule has 0 aliphatic rings. The van der Waals surface area contributed by atoms with Crippen molar-refractivity contribution in [1.29, 1.82) is 0 Å². The lowest BCUT2D eigenvalue weighted by Crippen LogP contribution is -1.95. The van der Waals surface area contributed by atoms with Crippen molar-refractivity contribution in [3.05, 3.63) is 72.8 Å². The molecule has 6 heteroatoms. The molecule has 142 valence electrons. The van der Waals surface area contributed by atoms with Crippen LogP contribution in [0.3, 0.4) is 0 Å². The first-order chi connectivity index (χ1) is 14.1. The number of aromatic hydroxyl groups is 1.